The Morgan fingerprint density at radius 2 is 1.85 bits per heavy atom. The van der Waals surface area contributed by atoms with Crippen LogP contribution in [0.5, 0.6) is 0 Å². The molecule has 2 aliphatic rings. The lowest BCUT2D eigenvalue weighted by molar-refractivity contribution is 0.114. The van der Waals surface area contributed by atoms with Crippen LogP contribution in [-0.2, 0) is 13.1 Å². The van der Waals surface area contributed by atoms with Crippen LogP contribution >= 0.6 is 11.8 Å². The standard InChI is InChI=1S/C28H27N3OS/c1-33-24-8-6-21(7-9-24)25-10-11-27-23-13-20(17-31(27)28(25)32)16-30(18-23)15-19-12-22-4-2-3-5-26(22)29-14-19/h2-12,14,20,23H,13,15-18H2,1H3. The molecule has 2 atom stereocenters. The molecule has 6 rings (SSSR count). The highest BCUT2D eigenvalue weighted by atomic mass is 32.2. The van der Waals surface area contributed by atoms with E-state index < -0.39 is 0 Å². The first-order valence-electron chi connectivity index (χ1n) is 11.6. The molecule has 0 radical (unpaired) electrons. The Bertz CT molecular complexity index is 1380. The summed E-state index contributed by atoms with van der Waals surface area (Å²) >= 11 is 1.72. The predicted molar refractivity (Wildman–Crippen MR) is 136 cm³/mol. The van der Waals surface area contributed by atoms with Crippen LogP contribution in [0.4, 0.5) is 0 Å². The highest BCUT2D eigenvalue weighted by Crippen LogP contribution is 2.36. The van der Waals surface area contributed by atoms with Crippen LogP contribution < -0.4 is 5.56 Å². The van der Waals surface area contributed by atoms with Crippen molar-refractivity contribution in [1.29, 1.82) is 0 Å². The summed E-state index contributed by atoms with van der Waals surface area (Å²) < 4.78 is 2.06. The number of aromatic nitrogens is 2. The Balaban J connectivity index is 1.25. The van der Waals surface area contributed by atoms with E-state index in [0.29, 0.717) is 11.8 Å². The molecule has 2 aromatic carbocycles. The van der Waals surface area contributed by atoms with Crippen molar-refractivity contribution in [2.75, 3.05) is 19.3 Å². The van der Waals surface area contributed by atoms with Crippen molar-refractivity contribution in [3.05, 3.63) is 94.5 Å². The summed E-state index contributed by atoms with van der Waals surface area (Å²) in [5.41, 5.74) is 5.48. The number of pyridine rings is 2. The Morgan fingerprint density at radius 1 is 1.00 bits per heavy atom. The second-order valence-electron chi connectivity index (χ2n) is 9.35. The summed E-state index contributed by atoms with van der Waals surface area (Å²) in [5, 5.41) is 1.20. The molecule has 4 nitrogen and oxygen atoms in total. The summed E-state index contributed by atoms with van der Waals surface area (Å²) in [5.74, 6) is 0.919. The van der Waals surface area contributed by atoms with Gasteiger partial charge < -0.3 is 4.57 Å². The molecule has 5 heteroatoms. The van der Waals surface area contributed by atoms with Crippen molar-refractivity contribution in [3.8, 4) is 11.1 Å². The monoisotopic (exact) mass is 453 g/mol. The molecule has 1 saturated heterocycles. The molecule has 4 heterocycles. The fourth-order valence-electron chi connectivity index (χ4n) is 5.63. The third-order valence-electron chi connectivity index (χ3n) is 7.13. The van der Waals surface area contributed by atoms with Gasteiger partial charge in [0.25, 0.3) is 5.56 Å². The topological polar surface area (TPSA) is 38.1 Å². The molecule has 2 aromatic heterocycles. The van der Waals surface area contributed by atoms with Crippen LogP contribution in [-0.4, -0.2) is 33.8 Å². The smallest absolute Gasteiger partial charge is 0.258 e. The minimum atomic E-state index is 0.159. The number of likely N-dealkylation sites (tertiary alicyclic amines) is 1. The van der Waals surface area contributed by atoms with Crippen molar-refractivity contribution in [3.63, 3.8) is 0 Å². The average Bonchev–Trinajstić information content (AvgIpc) is 2.85. The maximum atomic E-state index is 13.4. The summed E-state index contributed by atoms with van der Waals surface area (Å²) in [6, 6.07) is 23.1. The molecule has 4 aromatic rings. The summed E-state index contributed by atoms with van der Waals surface area (Å²) in [4.78, 5) is 21.8. The molecule has 0 aliphatic carbocycles. The number of fused-ring (bicyclic) bond motifs is 5. The van der Waals surface area contributed by atoms with E-state index in [0.717, 1.165) is 42.8 Å². The van der Waals surface area contributed by atoms with Gasteiger partial charge in [0, 0.05) is 59.8 Å². The minimum absolute atomic E-state index is 0.159. The lowest BCUT2D eigenvalue weighted by Gasteiger charge is -2.43. The third kappa shape index (κ3) is 3.90. The van der Waals surface area contributed by atoms with E-state index in [4.69, 9.17) is 0 Å². The first-order chi connectivity index (χ1) is 16.2. The molecule has 0 N–H and O–H groups in total. The maximum absolute atomic E-state index is 13.4. The van der Waals surface area contributed by atoms with Gasteiger partial charge in [-0.2, -0.15) is 0 Å². The van der Waals surface area contributed by atoms with Gasteiger partial charge in [-0.3, -0.25) is 14.7 Å². The number of benzene rings is 2. The van der Waals surface area contributed by atoms with Gasteiger partial charge in [0.2, 0.25) is 0 Å². The number of para-hydroxylation sites is 1. The molecule has 2 unspecified atom stereocenters. The number of rotatable bonds is 4. The van der Waals surface area contributed by atoms with Crippen LogP contribution in [0.1, 0.15) is 23.6 Å². The fourth-order valence-corrected chi connectivity index (χ4v) is 6.03. The van der Waals surface area contributed by atoms with Crippen molar-refractivity contribution in [1.82, 2.24) is 14.5 Å². The first-order valence-corrected chi connectivity index (χ1v) is 12.8. The van der Waals surface area contributed by atoms with Gasteiger partial charge in [0.15, 0.2) is 0 Å². The van der Waals surface area contributed by atoms with Crippen LogP contribution in [0.25, 0.3) is 22.0 Å². The zero-order chi connectivity index (χ0) is 22.4. The fraction of sp³-hybridized carbons (Fsp3) is 0.286. The highest BCUT2D eigenvalue weighted by molar-refractivity contribution is 7.98. The summed E-state index contributed by atoms with van der Waals surface area (Å²) in [7, 11) is 0. The average molecular weight is 454 g/mol. The molecule has 166 valence electrons. The third-order valence-corrected chi connectivity index (χ3v) is 7.88. The quantitative estimate of drug-likeness (QED) is 0.388. The number of piperidine rings is 1. The summed E-state index contributed by atoms with van der Waals surface area (Å²) in [6.45, 7) is 3.75. The molecule has 2 aliphatic heterocycles. The van der Waals surface area contributed by atoms with Gasteiger partial charge in [0.05, 0.1) is 5.52 Å². The SMILES string of the molecule is CSc1ccc(-c2ccc3n(c2=O)CC2CC3CN(Cc3cnc4ccccc4c3)C2)cc1. The van der Waals surface area contributed by atoms with Crippen molar-refractivity contribution in [2.24, 2.45) is 5.92 Å². The van der Waals surface area contributed by atoms with Crippen molar-refractivity contribution >= 4 is 22.7 Å². The Kier molecular flexibility index (Phi) is 5.31. The molecule has 0 spiro atoms. The molecule has 0 saturated carbocycles. The van der Waals surface area contributed by atoms with E-state index in [1.54, 1.807) is 11.8 Å². The molecule has 2 bridgehead atoms. The highest BCUT2D eigenvalue weighted by Gasteiger charge is 2.35. The van der Waals surface area contributed by atoms with Crippen molar-refractivity contribution in [2.45, 2.75) is 30.3 Å². The van der Waals surface area contributed by atoms with E-state index in [2.05, 4.69) is 75.3 Å². The van der Waals surface area contributed by atoms with Crippen LogP contribution in [0, 0.1) is 5.92 Å². The van der Waals surface area contributed by atoms with E-state index in [-0.39, 0.29) is 5.56 Å². The second kappa shape index (κ2) is 8.47. The van der Waals surface area contributed by atoms with Gasteiger partial charge in [-0.1, -0.05) is 30.3 Å². The Labute approximate surface area is 198 Å². The number of hydrogen-bond donors (Lipinski definition) is 0. The zero-order valence-corrected chi connectivity index (χ0v) is 19.6. The van der Waals surface area contributed by atoms with Crippen LogP contribution in [0.15, 0.2) is 82.6 Å². The Hall–Kier alpha value is -2.89. The molecular weight excluding hydrogens is 426 g/mol. The predicted octanol–water partition coefficient (Wildman–Crippen LogP) is 5.40. The minimum Gasteiger partial charge on any atom is -0.311 e. The largest absolute Gasteiger partial charge is 0.311 e. The molecule has 0 amide bonds. The first kappa shape index (κ1) is 20.7. The molecule has 33 heavy (non-hydrogen) atoms. The van der Waals surface area contributed by atoms with E-state index >= 15 is 0 Å². The Morgan fingerprint density at radius 3 is 2.70 bits per heavy atom. The maximum Gasteiger partial charge on any atom is 0.258 e. The summed E-state index contributed by atoms with van der Waals surface area (Å²) in [6.07, 6.45) is 5.26. The lowest BCUT2D eigenvalue weighted by atomic mass is 9.82. The van der Waals surface area contributed by atoms with Gasteiger partial charge >= 0.3 is 0 Å². The zero-order valence-electron chi connectivity index (χ0n) is 18.8. The van der Waals surface area contributed by atoms with Gasteiger partial charge in [-0.15, -0.1) is 11.8 Å². The second-order valence-corrected chi connectivity index (χ2v) is 10.2. The number of hydrogen-bond acceptors (Lipinski definition) is 4. The number of nitrogens with zero attached hydrogens (tertiary/aromatic N) is 3. The number of thioether (sulfide) groups is 1. The van der Waals surface area contributed by atoms with E-state index in [1.165, 1.54) is 28.0 Å². The van der Waals surface area contributed by atoms with Crippen LogP contribution in [0.2, 0.25) is 0 Å². The van der Waals surface area contributed by atoms with E-state index in [9.17, 15) is 4.79 Å². The van der Waals surface area contributed by atoms with Crippen LogP contribution in [0.3, 0.4) is 0 Å². The lowest BCUT2D eigenvalue weighted by Crippen LogP contribution is -2.46. The van der Waals surface area contributed by atoms with Gasteiger partial charge in [-0.25, -0.2) is 0 Å². The van der Waals surface area contributed by atoms with Crippen molar-refractivity contribution < 1.29 is 0 Å². The molecular formula is C28H27N3OS. The van der Waals surface area contributed by atoms with Gasteiger partial charge in [0.1, 0.15) is 0 Å². The molecule has 1 fully saturated rings. The normalized spacial score (nSPS) is 20.0. The van der Waals surface area contributed by atoms with E-state index in [1.807, 2.05) is 18.3 Å². The van der Waals surface area contributed by atoms with Gasteiger partial charge in [-0.05, 0) is 66.1 Å².